The van der Waals surface area contributed by atoms with Gasteiger partial charge in [0.25, 0.3) is 0 Å². The number of benzene rings is 1. The first-order valence-electron chi connectivity index (χ1n) is 6.57. The third-order valence-electron chi connectivity index (χ3n) is 3.23. The zero-order valence-corrected chi connectivity index (χ0v) is 12.7. The molecule has 116 valence electrons. The van der Waals surface area contributed by atoms with Crippen molar-refractivity contribution in [2.24, 2.45) is 5.73 Å². The van der Waals surface area contributed by atoms with Crippen molar-refractivity contribution in [1.29, 1.82) is 0 Å². The van der Waals surface area contributed by atoms with Gasteiger partial charge in [-0.15, -0.1) is 12.4 Å². The summed E-state index contributed by atoms with van der Waals surface area (Å²) in [5, 5.41) is 6.03. The maximum Gasteiger partial charge on any atom is 0.248 e. The van der Waals surface area contributed by atoms with E-state index in [1.165, 1.54) is 0 Å². The minimum atomic E-state index is -0.511. The summed E-state index contributed by atoms with van der Waals surface area (Å²) in [5.41, 5.74) is 7.11. The van der Waals surface area contributed by atoms with Crippen LogP contribution in [0.4, 0.5) is 5.69 Å². The predicted molar refractivity (Wildman–Crippen MR) is 82.8 cm³/mol. The van der Waals surface area contributed by atoms with E-state index >= 15 is 0 Å². The Hall–Kier alpha value is -1.63. The van der Waals surface area contributed by atoms with Crippen molar-refractivity contribution in [2.45, 2.75) is 19.4 Å². The number of aryl methyl sites for hydroxylation is 1. The second-order valence-electron chi connectivity index (χ2n) is 4.87. The van der Waals surface area contributed by atoms with Crippen LogP contribution in [0.25, 0.3) is 0 Å². The van der Waals surface area contributed by atoms with Crippen molar-refractivity contribution < 1.29 is 14.3 Å². The number of carbonyl (C=O) groups is 2. The van der Waals surface area contributed by atoms with Crippen molar-refractivity contribution in [3.05, 3.63) is 29.3 Å². The van der Waals surface area contributed by atoms with Crippen LogP contribution in [0.15, 0.2) is 18.2 Å². The molecule has 0 saturated carbocycles. The van der Waals surface area contributed by atoms with Crippen LogP contribution in [0, 0.1) is 6.92 Å². The van der Waals surface area contributed by atoms with E-state index in [0.717, 1.165) is 12.1 Å². The number of carbonyl (C=O) groups excluding carboxylic acids is 2. The molecule has 1 aliphatic rings. The summed E-state index contributed by atoms with van der Waals surface area (Å²) in [6.45, 7) is 3.84. The van der Waals surface area contributed by atoms with Gasteiger partial charge in [-0.25, -0.2) is 0 Å². The summed E-state index contributed by atoms with van der Waals surface area (Å²) in [6.07, 6.45) is 0.334. The SMILES string of the molecule is Cc1ccc(C(N)=O)cc1NC(=O)CC1COCCN1.Cl. The second-order valence-corrected chi connectivity index (χ2v) is 4.87. The van der Waals surface area contributed by atoms with Gasteiger partial charge in [0, 0.05) is 30.3 Å². The highest BCUT2D eigenvalue weighted by atomic mass is 35.5. The topological polar surface area (TPSA) is 93.5 Å². The molecule has 1 fully saturated rings. The fourth-order valence-electron chi connectivity index (χ4n) is 2.09. The first kappa shape index (κ1) is 17.4. The summed E-state index contributed by atoms with van der Waals surface area (Å²) in [5.74, 6) is -0.624. The van der Waals surface area contributed by atoms with Gasteiger partial charge in [0.05, 0.1) is 13.2 Å². The van der Waals surface area contributed by atoms with Gasteiger partial charge in [-0.1, -0.05) is 6.07 Å². The average molecular weight is 314 g/mol. The monoisotopic (exact) mass is 313 g/mol. The zero-order chi connectivity index (χ0) is 14.5. The first-order valence-corrected chi connectivity index (χ1v) is 6.57. The van der Waals surface area contributed by atoms with E-state index in [2.05, 4.69) is 10.6 Å². The highest BCUT2D eigenvalue weighted by molar-refractivity contribution is 5.97. The van der Waals surface area contributed by atoms with E-state index in [1.54, 1.807) is 18.2 Å². The van der Waals surface area contributed by atoms with Gasteiger partial charge in [0.1, 0.15) is 0 Å². The highest BCUT2D eigenvalue weighted by Crippen LogP contribution is 2.17. The quantitative estimate of drug-likeness (QED) is 0.767. The molecule has 0 radical (unpaired) electrons. The van der Waals surface area contributed by atoms with Crippen molar-refractivity contribution in [3.8, 4) is 0 Å². The summed E-state index contributed by atoms with van der Waals surface area (Å²) in [6, 6.07) is 5.03. The lowest BCUT2D eigenvalue weighted by Crippen LogP contribution is -2.43. The average Bonchev–Trinajstić information content (AvgIpc) is 2.42. The lowest BCUT2D eigenvalue weighted by atomic mass is 10.1. The minimum Gasteiger partial charge on any atom is -0.378 e. The van der Waals surface area contributed by atoms with E-state index in [-0.39, 0.29) is 24.4 Å². The van der Waals surface area contributed by atoms with Crippen LogP contribution in [-0.4, -0.2) is 37.6 Å². The number of hydrogen-bond donors (Lipinski definition) is 3. The highest BCUT2D eigenvalue weighted by Gasteiger charge is 2.17. The molecule has 4 N–H and O–H groups in total. The molecule has 0 aromatic heterocycles. The maximum absolute atomic E-state index is 12.0. The Balaban J connectivity index is 0.00000220. The number of halogens is 1. The molecule has 1 aromatic rings. The molecule has 1 aliphatic heterocycles. The number of nitrogens with two attached hydrogens (primary N) is 1. The Morgan fingerprint density at radius 3 is 2.86 bits per heavy atom. The van der Waals surface area contributed by atoms with Crippen LogP contribution < -0.4 is 16.4 Å². The van der Waals surface area contributed by atoms with E-state index in [4.69, 9.17) is 10.5 Å². The molecule has 1 unspecified atom stereocenters. The third-order valence-corrected chi connectivity index (χ3v) is 3.23. The Labute approximate surface area is 129 Å². The Morgan fingerprint density at radius 1 is 1.48 bits per heavy atom. The van der Waals surface area contributed by atoms with Crippen LogP contribution in [-0.2, 0) is 9.53 Å². The second kappa shape index (κ2) is 7.97. The Morgan fingerprint density at radius 2 is 2.24 bits per heavy atom. The molecule has 21 heavy (non-hydrogen) atoms. The minimum absolute atomic E-state index is 0. The number of rotatable bonds is 4. The fourth-order valence-corrected chi connectivity index (χ4v) is 2.09. The predicted octanol–water partition coefficient (Wildman–Crippen LogP) is 0.833. The number of nitrogens with one attached hydrogen (secondary N) is 2. The van der Waals surface area contributed by atoms with Gasteiger partial charge in [0.2, 0.25) is 11.8 Å². The lowest BCUT2D eigenvalue weighted by molar-refractivity contribution is -0.117. The van der Waals surface area contributed by atoms with Crippen molar-refractivity contribution in [2.75, 3.05) is 25.1 Å². The summed E-state index contributed by atoms with van der Waals surface area (Å²) < 4.78 is 5.30. The molecular formula is C14H20ClN3O3. The molecule has 2 amide bonds. The number of morpholine rings is 1. The van der Waals surface area contributed by atoms with Crippen LogP contribution in [0.2, 0.25) is 0 Å². The number of anilines is 1. The van der Waals surface area contributed by atoms with Crippen LogP contribution in [0.1, 0.15) is 22.3 Å². The van der Waals surface area contributed by atoms with E-state index < -0.39 is 5.91 Å². The number of primary amides is 1. The fraction of sp³-hybridized carbons (Fsp3) is 0.429. The molecule has 7 heteroatoms. The van der Waals surface area contributed by atoms with E-state index in [1.807, 2.05) is 6.92 Å². The third kappa shape index (κ3) is 5.00. The molecule has 2 rings (SSSR count). The van der Waals surface area contributed by atoms with Crippen molar-refractivity contribution >= 4 is 29.9 Å². The molecule has 6 nitrogen and oxygen atoms in total. The van der Waals surface area contributed by atoms with Gasteiger partial charge < -0.3 is 21.1 Å². The molecule has 1 atom stereocenters. The first-order chi connectivity index (χ1) is 9.56. The zero-order valence-electron chi connectivity index (χ0n) is 11.8. The summed E-state index contributed by atoms with van der Waals surface area (Å²) in [4.78, 5) is 23.1. The van der Waals surface area contributed by atoms with Crippen LogP contribution >= 0.6 is 12.4 Å². The molecular weight excluding hydrogens is 294 g/mol. The lowest BCUT2D eigenvalue weighted by Gasteiger charge is -2.23. The maximum atomic E-state index is 12.0. The van der Waals surface area contributed by atoms with Gasteiger partial charge in [-0.05, 0) is 24.6 Å². The molecule has 1 aromatic carbocycles. The molecule has 1 heterocycles. The molecule has 0 spiro atoms. The van der Waals surface area contributed by atoms with Gasteiger partial charge >= 0.3 is 0 Å². The van der Waals surface area contributed by atoms with E-state index in [0.29, 0.717) is 30.9 Å². The molecule has 0 aliphatic carbocycles. The smallest absolute Gasteiger partial charge is 0.248 e. The largest absolute Gasteiger partial charge is 0.378 e. The van der Waals surface area contributed by atoms with Crippen molar-refractivity contribution in [3.63, 3.8) is 0 Å². The Kier molecular flexibility index (Phi) is 6.61. The number of amides is 2. The van der Waals surface area contributed by atoms with Gasteiger partial charge in [-0.2, -0.15) is 0 Å². The molecule has 1 saturated heterocycles. The summed E-state index contributed by atoms with van der Waals surface area (Å²) in [7, 11) is 0. The summed E-state index contributed by atoms with van der Waals surface area (Å²) >= 11 is 0. The van der Waals surface area contributed by atoms with Crippen LogP contribution in [0.3, 0.4) is 0 Å². The van der Waals surface area contributed by atoms with Gasteiger partial charge in [0.15, 0.2) is 0 Å². The number of ether oxygens (including phenoxy) is 1. The van der Waals surface area contributed by atoms with Crippen LogP contribution in [0.5, 0.6) is 0 Å². The number of hydrogen-bond acceptors (Lipinski definition) is 4. The normalized spacial score (nSPS) is 17.7. The Bertz CT molecular complexity index is 516. The van der Waals surface area contributed by atoms with Crippen molar-refractivity contribution in [1.82, 2.24) is 5.32 Å². The molecule has 0 bridgehead atoms. The van der Waals surface area contributed by atoms with E-state index in [9.17, 15) is 9.59 Å². The standard InChI is InChI=1S/C14H19N3O3.ClH/c1-9-2-3-10(14(15)19)6-12(9)17-13(18)7-11-8-20-5-4-16-11;/h2-3,6,11,16H,4-5,7-8H2,1H3,(H2,15,19)(H,17,18);1H. The van der Waals surface area contributed by atoms with Gasteiger partial charge in [-0.3, -0.25) is 9.59 Å².